The average Bonchev–Trinajstić information content (AvgIpc) is 3.18. The minimum Gasteiger partial charge on any atom is -0.465 e. The van der Waals surface area contributed by atoms with E-state index >= 15 is 0 Å². The van der Waals surface area contributed by atoms with Crippen LogP contribution >= 0.6 is 11.3 Å². The monoisotopic (exact) mass is 480 g/mol. The number of carbonyl (C=O) groups excluding carboxylic acids is 2. The SMILES string of the molecule is COC(=O)c1sc2nc(CN3CCN(C(C)C)CC3)ccc2c1NC(=O)c1cccc(C)c1C. The van der Waals surface area contributed by atoms with Gasteiger partial charge in [0.1, 0.15) is 9.71 Å². The number of carbonyl (C=O) groups is 2. The number of esters is 1. The molecule has 0 unspecified atom stereocenters. The number of anilines is 1. The molecule has 0 spiro atoms. The molecule has 1 aromatic carbocycles. The van der Waals surface area contributed by atoms with Crippen LogP contribution < -0.4 is 5.32 Å². The number of amides is 1. The maximum absolute atomic E-state index is 13.1. The number of aryl methyl sites for hydroxylation is 1. The van der Waals surface area contributed by atoms with Crippen molar-refractivity contribution in [3.05, 3.63) is 57.6 Å². The summed E-state index contributed by atoms with van der Waals surface area (Å²) in [5.41, 5.74) is 3.95. The molecule has 1 aliphatic rings. The summed E-state index contributed by atoms with van der Waals surface area (Å²) in [5.74, 6) is -0.733. The Morgan fingerprint density at radius 3 is 2.53 bits per heavy atom. The third kappa shape index (κ3) is 4.99. The van der Waals surface area contributed by atoms with E-state index in [4.69, 9.17) is 9.72 Å². The molecule has 1 amide bonds. The summed E-state index contributed by atoms with van der Waals surface area (Å²) in [6.45, 7) is 13.2. The van der Waals surface area contributed by atoms with Crippen LogP contribution in [-0.2, 0) is 11.3 Å². The Morgan fingerprint density at radius 1 is 1.12 bits per heavy atom. The summed E-state index contributed by atoms with van der Waals surface area (Å²) in [6, 6.07) is 10.1. The van der Waals surface area contributed by atoms with Crippen molar-refractivity contribution in [3.63, 3.8) is 0 Å². The van der Waals surface area contributed by atoms with E-state index in [2.05, 4.69) is 29.0 Å². The zero-order valence-corrected chi connectivity index (χ0v) is 21.3. The molecular weight excluding hydrogens is 448 g/mol. The molecule has 1 aliphatic heterocycles. The van der Waals surface area contributed by atoms with Crippen LogP contribution in [0.15, 0.2) is 30.3 Å². The maximum Gasteiger partial charge on any atom is 0.350 e. The molecular formula is C26H32N4O3S. The largest absolute Gasteiger partial charge is 0.465 e. The standard InChI is InChI=1S/C26H32N4O3S/c1-16(2)30-13-11-29(12-14-30)15-19-9-10-21-22(23(26(32)33-5)34-25(21)27-19)28-24(31)20-8-6-7-17(3)18(20)4/h6-10,16H,11-15H2,1-5H3,(H,28,31). The molecule has 0 bridgehead atoms. The van der Waals surface area contributed by atoms with Gasteiger partial charge in [-0.3, -0.25) is 14.6 Å². The normalized spacial score (nSPS) is 15.1. The van der Waals surface area contributed by atoms with Crippen LogP contribution in [0.4, 0.5) is 5.69 Å². The van der Waals surface area contributed by atoms with Crippen molar-refractivity contribution in [2.75, 3.05) is 38.6 Å². The Hall–Kier alpha value is -2.81. The summed E-state index contributed by atoms with van der Waals surface area (Å²) in [6.07, 6.45) is 0. The lowest BCUT2D eigenvalue weighted by Crippen LogP contribution is -2.48. The molecule has 0 radical (unpaired) electrons. The van der Waals surface area contributed by atoms with Gasteiger partial charge in [-0.1, -0.05) is 12.1 Å². The average molecular weight is 481 g/mol. The van der Waals surface area contributed by atoms with Gasteiger partial charge in [-0.05, 0) is 57.0 Å². The van der Waals surface area contributed by atoms with Gasteiger partial charge in [0, 0.05) is 49.7 Å². The van der Waals surface area contributed by atoms with E-state index in [0.717, 1.165) is 59.8 Å². The quantitative estimate of drug-likeness (QED) is 0.525. The molecule has 4 rings (SSSR count). The first-order chi connectivity index (χ1) is 16.3. The lowest BCUT2D eigenvalue weighted by atomic mass is 10.0. The maximum atomic E-state index is 13.1. The van der Waals surface area contributed by atoms with Gasteiger partial charge >= 0.3 is 5.97 Å². The molecule has 2 aromatic heterocycles. The van der Waals surface area contributed by atoms with Crippen molar-refractivity contribution in [1.82, 2.24) is 14.8 Å². The second-order valence-electron chi connectivity index (χ2n) is 9.06. The van der Waals surface area contributed by atoms with Crippen molar-refractivity contribution in [2.45, 2.75) is 40.3 Å². The number of methoxy groups -OCH3 is 1. The number of piperazine rings is 1. The second-order valence-corrected chi connectivity index (χ2v) is 10.1. The van der Waals surface area contributed by atoms with Crippen LogP contribution in [0.25, 0.3) is 10.2 Å². The Labute approximate surface area is 204 Å². The van der Waals surface area contributed by atoms with Crippen molar-refractivity contribution in [3.8, 4) is 0 Å². The lowest BCUT2D eigenvalue weighted by molar-refractivity contribution is 0.0607. The highest BCUT2D eigenvalue weighted by Crippen LogP contribution is 2.36. The third-order valence-electron chi connectivity index (χ3n) is 6.59. The second kappa shape index (κ2) is 10.2. The Kier molecular flexibility index (Phi) is 7.30. The highest BCUT2D eigenvalue weighted by molar-refractivity contribution is 7.21. The Morgan fingerprint density at radius 2 is 1.85 bits per heavy atom. The number of aromatic nitrogens is 1. The fraction of sp³-hybridized carbons (Fsp3) is 0.423. The zero-order chi connectivity index (χ0) is 24.4. The lowest BCUT2D eigenvalue weighted by Gasteiger charge is -2.36. The number of benzene rings is 1. The third-order valence-corrected chi connectivity index (χ3v) is 7.67. The van der Waals surface area contributed by atoms with Crippen LogP contribution in [0.2, 0.25) is 0 Å². The first-order valence-corrected chi connectivity index (χ1v) is 12.4. The molecule has 3 aromatic rings. The molecule has 1 fully saturated rings. The van der Waals surface area contributed by atoms with Crippen LogP contribution in [0.1, 0.15) is 50.7 Å². The summed E-state index contributed by atoms with van der Waals surface area (Å²) in [7, 11) is 1.35. The number of pyridine rings is 1. The minimum absolute atomic E-state index is 0.252. The fourth-order valence-electron chi connectivity index (χ4n) is 4.31. The number of fused-ring (bicyclic) bond motifs is 1. The van der Waals surface area contributed by atoms with Gasteiger partial charge in [0.25, 0.3) is 5.91 Å². The molecule has 7 nitrogen and oxygen atoms in total. The number of nitrogens with zero attached hydrogens (tertiary/aromatic N) is 3. The first kappa shape index (κ1) is 24.3. The molecule has 3 heterocycles. The fourth-order valence-corrected chi connectivity index (χ4v) is 5.38. The summed E-state index contributed by atoms with van der Waals surface area (Å²) in [4.78, 5) is 36.4. The van der Waals surface area contributed by atoms with Crippen LogP contribution in [0.3, 0.4) is 0 Å². The molecule has 34 heavy (non-hydrogen) atoms. The topological polar surface area (TPSA) is 74.8 Å². The van der Waals surface area contributed by atoms with Crippen LogP contribution in [-0.4, -0.2) is 66.0 Å². The molecule has 8 heteroatoms. The van der Waals surface area contributed by atoms with Crippen LogP contribution in [0.5, 0.6) is 0 Å². The Bertz CT molecular complexity index is 1210. The number of hydrogen-bond acceptors (Lipinski definition) is 7. The number of nitrogens with one attached hydrogen (secondary N) is 1. The highest BCUT2D eigenvalue weighted by atomic mass is 32.1. The molecule has 180 valence electrons. The van der Waals surface area contributed by atoms with E-state index in [1.54, 1.807) is 6.07 Å². The van der Waals surface area contributed by atoms with Crippen molar-refractivity contribution in [1.29, 1.82) is 0 Å². The molecule has 0 aliphatic carbocycles. The van der Waals surface area contributed by atoms with Gasteiger partial charge in [-0.25, -0.2) is 9.78 Å². The van der Waals surface area contributed by atoms with E-state index < -0.39 is 5.97 Å². The van der Waals surface area contributed by atoms with Gasteiger partial charge < -0.3 is 10.1 Å². The van der Waals surface area contributed by atoms with Crippen molar-refractivity contribution >= 4 is 39.1 Å². The Balaban J connectivity index is 1.60. The van der Waals surface area contributed by atoms with E-state index in [1.165, 1.54) is 18.4 Å². The molecule has 0 atom stereocenters. The van der Waals surface area contributed by atoms with Crippen LogP contribution in [0, 0.1) is 13.8 Å². The zero-order valence-electron chi connectivity index (χ0n) is 20.5. The van der Waals surface area contributed by atoms with Gasteiger partial charge in [-0.15, -0.1) is 11.3 Å². The molecule has 0 saturated carbocycles. The highest BCUT2D eigenvalue weighted by Gasteiger charge is 2.24. The van der Waals surface area contributed by atoms with Gasteiger partial charge in [0.05, 0.1) is 18.5 Å². The summed E-state index contributed by atoms with van der Waals surface area (Å²) < 4.78 is 5.00. The van der Waals surface area contributed by atoms with Crippen molar-refractivity contribution < 1.29 is 14.3 Å². The minimum atomic E-state index is -0.481. The number of hydrogen-bond donors (Lipinski definition) is 1. The van der Waals surface area contributed by atoms with Gasteiger partial charge in [0.15, 0.2) is 0 Å². The molecule has 1 N–H and O–H groups in total. The predicted molar refractivity (Wildman–Crippen MR) is 137 cm³/mol. The van der Waals surface area contributed by atoms with Gasteiger partial charge in [-0.2, -0.15) is 0 Å². The number of thiophene rings is 1. The first-order valence-electron chi connectivity index (χ1n) is 11.6. The number of ether oxygens (including phenoxy) is 1. The van der Waals surface area contributed by atoms with Gasteiger partial charge in [0.2, 0.25) is 0 Å². The van der Waals surface area contributed by atoms with E-state index in [1.807, 2.05) is 38.1 Å². The van der Waals surface area contributed by atoms with E-state index in [0.29, 0.717) is 22.2 Å². The summed E-state index contributed by atoms with van der Waals surface area (Å²) in [5, 5.41) is 3.71. The van der Waals surface area contributed by atoms with E-state index in [9.17, 15) is 9.59 Å². The van der Waals surface area contributed by atoms with E-state index in [-0.39, 0.29) is 5.91 Å². The summed E-state index contributed by atoms with van der Waals surface area (Å²) >= 11 is 1.25. The van der Waals surface area contributed by atoms with Crippen molar-refractivity contribution in [2.24, 2.45) is 0 Å². The number of rotatable bonds is 6. The predicted octanol–water partition coefficient (Wildman–Crippen LogP) is 4.48. The molecule has 1 saturated heterocycles. The smallest absolute Gasteiger partial charge is 0.350 e.